The third-order valence-corrected chi connectivity index (χ3v) is 4.08. The van der Waals surface area contributed by atoms with Gasteiger partial charge in [-0.1, -0.05) is 29.8 Å². The summed E-state index contributed by atoms with van der Waals surface area (Å²) in [4.78, 5) is 10.5. The summed E-state index contributed by atoms with van der Waals surface area (Å²) >= 11 is 9.41. The zero-order valence-corrected chi connectivity index (χ0v) is 13.0. The molecule has 0 aliphatic rings. The summed E-state index contributed by atoms with van der Waals surface area (Å²) in [5, 5.41) is 14.7. The first-order valence-corrected chi connectivity index (χ1v) is 7.08. The smallest absolute Gasteiger partial charge is 0.283 e. The Hall–Kier alpha value is -1.59. The molecule has 0 aliphatic heterocycles. The SMILES string of the molecule is Cc1ccc(NCc2cccc([N+](=O)[O-])c2Br)c(Cl)c1. The molecule has 2 rings (SSSR count). The molecule has 4 nitrogen and oxygen atoms in total. The van der Waals surface area contributed by atoms with E-state index in [2.05, 4.69) is 21.2 Å². The van der Waals surface area contributed by atoms with Gasteiger partial charge < -0.3 is 5.32 Å². The van der Waals surface area contributed by atoms with Gasteiger partial charge in [0.05, 0.1) is 15.6 Å². The average molecular weight is 356 g/mol. The number of nitro groups is 1. The van der Waals surface area contributed by atoms with Crippen molar-refractivity contribution in [3.8, 4) is 0 Å². The van der Waals surface area contributed by atoms with Gasteiger partial charge in [0.2, 0.25) is 0 Å². The number of halogens is 2. The zero-order chi connectivity index (χ0) is 14.7. The van der Waals surface area contributed by atoms with Crippen LogP contribution in [0.3, 0.4) is 0 Å². The van der Waals surface area contributed by atoms with Crippen molar-refractivity contribution < 1.29 is 4.92 Å². The lowest BCUT2D eigenvalue weighted by molar-refractivity contribution is -0.385. The Morgan fingerprint density at radius 3 is 2.75 bits per heavy atom. The van der Waals surface area contributed by atoms with Gasteiger partial charge in [0.15, 0.2) is 0 Å². The van der Waals surface area contributed by atoms with Gasteiger partial charge in [-0.15, -0.1) is 0 Å². The second-order valence-electron chi connectivity index (χ2n) is 4.34. The number of anilines is 1. The van der Waals surface area contributed by atoms with Crippen LogP contribution in [0.2, 0.25) is 5.02 Å². The van der Waals surface area contributed by atoms with Crippen molar-refractivity contribution in [1.82, 2.24) is 0 Å². The zero-order valence-electron chi connectivity index (χ0n) is 10.7. The fourth-order valence-electron chi connectivity index (χ4n) is 1.80. The average Bonchev–Trinajstić information content (AvgIpc) is 2.39. The molecule has 0 amide bonds. The van der Waals surface area contributed by atoms with E-state index in [9.17, 15) is 10.1 Å². The number of hydrogen-bond donors (Lipinski definition) is 1. The molecule has 104 valence electrons. The molecule has 0 aromatic heterocycles. The highest BCUT2D eigenvalue weighted by Gasteiger charge is 2.14. The van der Waals surface area contributed by atoms with Gasteiger partial charge in [-0.05, 0) is 46.1 Å². The van der Waals surface area contributed by atoms with Crippen LogP contribution in [0, 0.1) is 17.0 Å². The first-order chi connectivity index (χ1) is 9.49. The predicted octanol–water partition coefficient (Wildman–Crippen LogP) is 4.93. The van der Waals surface area contributed by atoms with E-state index in [0.717, 1.165) is 16.8 Å². The van der Waals surface area contributed by atoms with Crippen molar-refractivity contribution in [3.05, 3.63) is 67.1 Å². The Labute approximate surface area is 130 Å². The minimum absolute atomic E-state index is 0.0549. The molecule has 0 bridgehead atoms. The third-order valence-electron chi connectivity index (χ3n) is 2.85. The number of hydrogen-bond acceptors (Lipinski definition) is 3. The molecule has 2 aromatic rings. The molecular formula is C14H12BrClN2O2. The van der Waals surface area contributed by atoms with Crippen LogP contribution in [0.1, 0.15) is 11.1 Å². The summed E-state index contributed by atoms with van der Waals surface area (Å²) in [5.41, 5.74) is 2.74. The second kappa shape index (κ2) is 6.24. The topological polar surface area (TPSA) is 55.2 Å². The van der Waals surface area contributed by atoms with Crippen molar-refractivity contribution in [2.45, 2.75) is 13.5 Å². The molecule has 20 heavy (non-hydrogen) atoms. The lowest BCUT2D eigenvalue weighted by Gasteiger charge is -2.10. The van der Waals surface area contributed by atoms with Crippen LogP contribution in [-0.2, 0) is 6.54 Å². The van der Waals surface area contributed by atoms with Crippen LogP contribution in [0.25, 0.3) is 0 Å². The molecule has 0 heterocycles. The number of rotatable bonds is 4. The number of nitro benzene ring substituents is 1. The second-order valence-corrected chi connectivity index (χ2v) is 5.54. The summed E-state index contributed by atoms with van der Waals surface area (Å²) in [6.07, 6.45) is 0. The van der Waals surface area contributed by atoms with E-state index in [0.29, 0.717) is 16.0 Å². The largest absolute Gasteiger partial charge is 0.380 e. The van der Waals surface area contributed by atoms with Gasteiger partial charge >= 0.3 is 0 Å². The van der Waals surface area contributed by atoms with Gasteiger partial charge in [0.1, 0.15) is 4.47 Å². The van der Waals surface area contributed by atoms with Gasteiger partial charge in [-0.2, -0.15) is 0 Å². The van der Waals surface area contributed by atoms with Crippen LogP contribution in [0.5, 0.6) is 0 Å². The number of nitrogens with zero attached hydrogens (tertiary/aromatic N) is 1. The van der Waals surface area contributed by atoms with E-state index in [1.807, 2.05) is 31.2 Å². The van der Waals surface area contributed by atoms with E-state index >= 15 is 0 Å². The summed E-state index contributed by atoms with van der Waals surface area (Å²) in [6, 6.07) is 10.7. The molecule has 0 spiro atoms. The molecular weight excluding hydrogens is 344 g/mol. The Bertz CT molecular complexity index is 662. The molecule has 0 atom stereocenters. The van der Waals surface area contributed by atoms with Crippen molar-refractivity contribution in [2.24, 2.45) is 0 Å². The highest BCUT2D eigenvalue weighted by molar-refractivity contribution is 9.10. The lowest BCUT2D eigenvalue weighted by Crippen LogP contribution is -2.02. The lowest BCUT2D eigenvalue weighted by atomic mass is 10.2. The summed E-state index contributed by atoms with van der Waals surface area (Å²) in [7, 11) is 0. The van der Waals surface area contributed by atoms with Crippen molar-refractivity contribution in [3.63, 3.8) is 0 Å². The Balaban J connectivity index is 2.19. The summed E-state index contributed by atoms with van der Waals surface area (Å²) in [5.74, 6) is 0. The van der Waals surface area contributed by atoms with Crippen LogP contribution >= 0.6 is 27.5 Å². The maximum Gasteiger partial charge on any atom is 0.283 e. The molecule has 0 fully saturated rings. The van der Waals surface area contributed by atoms with E-state index in [4.69, 9.17) is 11.6 Å². The maximum absolute atomic E-state index is 10.9. The highest BCUT2D eigenvalue weighted by atomic mass is 79.9. The van der Waals surface area contributed by atoms with Crippen LogP contribution in [0.4, 0.5) is 11.4 Å². The molecule has 0 saturated carbocycles. The number of benzene rings is 2. The molecule has 0 unspecified atom stereocenters. The van der Waals surface area contributed by atoms with Crippen LogP contribution in [0.15, 0.2) is 40.9 Å². The van der Waals surface area contributed by atoms with E-state index in [1.165, 1.54) is 6.07 Å². The first-order valence-electron chi connectivity index (χ1n) is 5.91. The van der Waals surface area contributed by atoms with Crippen LogP contribution < -0.4 is 5.32 Å². The fourth-order valence-corrected chi connectivity index (χ4v) is 2.65. The predicted molar refractivity (Wildman–Crippen MR) is 84.3 cm³/mol. The van der Waals surface area contributed by atoms with E-state index < -0.39 is 4.92 Å². The monoisotopic (exact) mass is 354 g/mol. The molecule has 0 saturated heterocycles. The van der Waals surface area contributed by atoms with Gasteiger partial charge in [0, 0.05) is 12.6 Å². The summed E-state index contributed by atoms with van der Waals surface area (Å²) < 4.78 is 0.487. The first kappa shape index (κ1) is 14.8. The highest BCUT2D eigenvalue weighted by Crippen LogP contribution is 2.29. The van der Waals surface area contributed by atoms with Gasteiger partial charge in [-0.3, -0.25) is 10.1 Å². The quantitative estimate of drug-likeness (QED) is 0.625. The number of aryl methyl sites for hydroxylation is 1. The normalized spacial score (nSPS) is 10.3. The van der Waals surface area contributed by atoms with Crippen molar-refractivity contribution in [1.29, 1.82) is 0 Å². The Morgan fingerprint density at radius 2 is 2.10 bits per heavy atom. The molecule has 6 heteroatoms. The standard InChI is InChI=1S/C14H12BrClN2O2/c1-9-5-6-12(11(16)7-9)17-8-10-3-2-4-13(14(10)15)18(19)20/h2-7,17H,8H2,1H3. The molecule has 2 aromatic carbocycles. The number of nitrogens with one attached hydrogen (secondary N) is 1. The van der Waals surface area contributed by atoms with E-state index in [1.54, 1.807) is 6.07 Å². The van der Waals surface area contributed by atoms with Crippen molar-refractivity contribution >= 4 is 38.9 Å². The minimum Gasteiger partial charge on any atom is -0.380 e. The van der Waals surface area contributed by atoms with Gasteiger partial charge in [-0.25, -0.2) is 0 Å². The van der Waals surface area contributed by atoms with Crippen molar-refractivity contribution in [2.75, 3.05) is 5.32 Å². The van der Waals surface area contributed by atoms with Crippen LogP contribution in [-0.4, -0.2) is 4.92 Å². The molecule has 0 aliphatic carbocycles. The van der Waals surface area contributed by atoms with Gasteiger partial charge in [0.25, 0.3) is 5.69 Å². The van der Waals surface area contributed by atoms with E-state index in [-0.39, 0.29) is 5.69 Å². The summed E-state index contributed by atoms with van der Waals surface area (Å²) in [6.45, 7) is 2.41. The molecule has 1 N–H and O–H groups in total. The molecule has 0 radical (unpaired) electrons. The Kier molecular flexibility index (Phi) is 4.62. The maximum atomic E-state index is 10.9. The minimum atomic E-state index is -0.410. The third kappa shape index (κ3) is 3.29. The Morgan fingerprint density at radius 1 is 1.35 bits per heavy atom. The fraction of sp³-hybridized carbons (Fsp3) is 0.143.